The summed E-state index contributed by atoms with van der Waals surface area (Å²) in [6, 6.07) is 0. The molecule has 0 unspecified atom stereocenters. The lowest BCUT2D eigenvalue weighted by molar-refractivity contribution is -0.143. The van der Waals surface area contributed by atoms with Gasteiger partial charge in [-0.1, -0.05) is 12.8 Å². The minimum Gasteiger partial charge on any atom is -0.481 e. The normalized spacial score (nSPS) is 23.6. The van der Waals surface area contributed by atoms with E-state index in [0.29, 0.717) is 5.41 Å². The SMILES string of the molecule is O=C(O)CC(=O)N1CCC2(CCCC2)C1. The number of rotatable bonds is 2. The summed E-state index contributed by atoms with van der Waals surface area (Å²) < 4.78 is 0. The number of amides is 1. The van der Waals surface area contributed by atoms with Crippen LogP contribution in [0.25, 0.3) is 0 Å². The molecule has 1 amide bonds. The summed E-state index contributed by atoms with van der Waals surface area (Å²) in [6.45, 7) is 1.55. The molecule has 1 aliphatic carbocycles. The maximum atomic E-state index is 11.5. The van der Waals surface area contributed by atoms with E-state index in [2.05, 4.69) is 0 Å². The molecule has 1 aliphatic heterocycles. The van der Waals surface area contributed by atoms with Gasteiger partial charge in [-0.15, -0.1) is 0 Å². The van der Waals surface area contributed by atoms with Crippen molar-refractivity contribution in [2.24, 2.45) is 5.41 Å². The molecule has 1 saturated heterocycles. The van der Waals surface area contributed by atoms with E-state index in [1.54, 1.807) is 4.90 Å². The molecule has 0 aromatic heterocycles. The van der Waals surface area contributed by atoms with Crippen LogP contribution in [0.1, 0.15) is 38.5 Å². The van der Waals surface area contributed by atoms with E-state index in [9.17, 15) is 9.59 Å². The summed E-state index contributed by atoms with van der Waals surface area (Å²) in [7, 11) is 0. The summed E-state index contributed by atoms with van der Waals surface area (Å²) >= 11 is 0. The third-order valence-electron chi connectivity index (χ3n) is 3.76. The summed E-state index contributed by atoms with van der Waals surface area (Å²) in [6.07, 6.45) is 5.67. The fraction of sp³-hybridized carbons (Fsp3) is 0.818. The average molecular weight is 211 g/mol. The highest BCUT2D eigenvalue weighted by Crippen LogP contribution is 2.45. The van der Waals surface area contributed by atoms with Gasteiger partial charge in [0.1, 0.15) is 6.42 Å². The Bertz CT molecular complexity index is 282. The van der Waals surface area contributed by atoms with Crippen LogP contribution < -0.4 is 0 Å². The van der Waals surface area contributed by atoms with E-state index in [-0.39, 0.29) is 12.3 Å². The summed E-state index contributed by atoms with van der Waals surface area (Å²) in [5.41, 5.74) is 0.341. The number of hydrogen-bond acceptors (Lipinski definition) is 2. The van der Waals surface area contributed by atoms with Gasteiger partial charge in [0.2, 0.25) is 5.91 Å². The molecule has 0 atom stereocenters. The molecule has 1 heterocycles. The summed E-state index contributed by atoms with van der Waals surface area (Å²) in [4.78, 5) is 23.7. The molecular weight excluding hydrogens is 194 g/mol. The Kier molecular flexibility index (Phi) is 2.67. The first-order valence-electron chi connectivity index (χ1n) is 5.61. The van der Waals surface area contributed by atoms with Crippen LogP contribution in [0.2, 0.25) is 0 Å². The number of hydrogen-bond donors (Lipinski definition) is 1. The first-order chi connectivity index (χ1) is 7.11. The van der Waals surface area contributed by atoms with Crippen LogP contribution in [0.3, 0.4) is 0 Å². The molecule has 0 bridgehead atoms. The number of carbonyl (C=O) groups excluding carboxylic acids is 1. The van der Waals surface area contributed by atoms with Crippen molar-refractivity contribution in [2.75, 3.05) is 13.1 Å². The van der Waals surface area contributed by atoms with Crippen molar-refractivity contribution in [2.45, 2.75) is 38.5 Å². The highest BCUT2D eigenvalue weighted by atomic mass is 16.4. The molecule has 4 heteroatoms. The Balaban J connectivity index is 1.91. The van der Waals surface area contributed by atoms with Gasteiger partial charge in [-0.05, 0) is 24.7 Å². The van der Waals surface area contributed by atoms with Crippen LogP contribution >= 0.6 is 0 Å². The molecule has 84 valence electrons. The predicted molar refractivity (Wildman–Crippen MR) is 54.4 cm³/mol. The van der Waals surface area contributed by atoms with E-state index >= 15 is 0 Å². The molecule has 0 aromatic carbocycles. The highest BCUT2D eigenvalue weighted by Gasteiger charge is 2.41. The number of carbonyl (C=O) groups is 2. The van der Waals surface area contributed by atoms with Gasteiger partial charge in [-0.25, -0.2) is 0 Å². The van der Waals surface area contributed by atoms with E-state index in [0.717, 1.165) is 19.5 Å². The van der Waals surface area contributed by atoms with Gasteiger partial charge in [0.05, 0.1) is 0 Å². The molecular formula is C11H17NO3. The third kappa shape index (κ3) is 2.13. The predicted octanol–water partition coefficient (Wildman–Crippen LogP) is 1.25. The Hall–Kier alpha value is -1.06. The van der Waals surface area contributed by atoms with Crippen LogP contribution in [0.4, 0.5) is 0 Å². The Morgan fingerprint density at radius 3 is 2.47 bits per heavy atom. The Labute approximate surface area is 89.3 Å². The lowest BCUT2D eigenvalue weighted by Crippen LogP contribution is -2.32. The average Bonchev–Trinajstić information content (AvgIpc) is 2.76. The maximum Gasteiger partial charge on any atom is 0.312 e. The van der Waals surface area contributed by atoms with Crippen LogP contribution in [-0.2, 0) is 9.59 Å². The second-order valence-electron chi connectivity index (χ2n) is 4.84. The number of carboxylic acids is 1. The smallest absolute Gasteiger partial charge is 0.312 e. The minimum absolute atomic E-state index is 0.216. The van der Waals surface area contributed by atoms with Crippen LogP contribution in [0.5, 0.6) is 0 Å². The third-order valence-corrected chi connectivity index (χ3v) is 3.76. The monoisotopic (exact) mass is 211 g/mol. The quantitative estimate of drug-likeness (QED) is 0.699. The molecule has 0 aromatic rings. The van der Waals surface area contributed by atoms with Crippen LogP contribution in [0.15, 0.2) is 0 Å². The molecule has 2 fully saturated rings. The fourth-order valence-electron chi connectivity index (χ4n) is 2.92. The fourth-order valence-corrected chi connectivity index (χ4v) is 2.92. The van der Waals surface area contributed by atoms with Crippen molar-refractivity contribution >= 4 is 11.9 Å². The summed E-state index contributed by atoms with van der Waals surface area (Å²) in [5, 5.41) is 8.55. The Morgan fingerprint density at radius 2 is 1.87 bits per heavy atom. The first kappa shape index (κ1) is 10.5. The lowest BCUT2D eigenvalue weighted by atomic mass is 9.86. The largest absolute Gasteiger partial charge is 0.481 e. The maximum absolute atomic E-state index is 11.5. The van der Waals surface area contributed by atoms with Gasteiger partial charge >= 0.3 is 5.97 Å². The number of nitrogens with zero attached hydrogens (tertiary/aromatic N) is 1. The van der Waals surface area contributed by atoms with Crippen LogP contribution in [0, 0.1) is 5.41 Å². The lowest BCUT2D eigenvalue weighted by Gasteiger charge is -2.23. The van der Waals surface area contributed by atoms with Crippen molar-refractivity contribution in [1.29, 1.82) is 0 Å². The zero-order valence-corrected chi connectivity index (χ0v) is 8.87. The van der Waals surface area contributed by atoms with Crippen molar-refractivity contribution in [1.82, 2.24) is 4.90 Å². The zero-order chi connectivity index (χ0) is 10.9. The van der Waals surface area contributed by atoms with E-state index < -0.39 is 5.97 Å². The zero-order valence-electron chi connectivity index (χ0n) is 8.87. The van der Waals surface area contributed by atoms with Crippen molar-refractivity contribution in [3.63, 3.8) is 0 Å². The van der Waals surface area contributed by atoms with Crippen molar-refractivity contribution < 1.29 is 14.7 Å². The molecule has 2 rings (SSSR count). The standard InChI is InChI=1S/C11H17NO3/c13-9(7-10(14)15)12-6-5-11(8-12)3-1-2-4-11/h1-8H2,(H,14,15). The minimum atomic E-state index is -1.02. The number of carboxylic acid groups (broad SMARTS) is 1. The van der Waals surface area contributed by atoms with Gasteiger partial charge in [-0.3, -0.25) is 9.59 Å². The van der Waals surface area contributed by atoms with Gasteiger partial charge in [0.25, 0.3) is 0 Å². The molecule has 1 N–H and O–H groups in total. The second kappa shape index (κ2) is 3.83. The molecule has 1 spiro atoms. The van der Waals surface area contributed by atoms with Gasteiger partial charge in [0.15, 0.2) is 0 Å². The van der Waals surface area contributed by atoms with Gasteiger partial charge in [0, 0.05) is 13.1 Å². The van der Waals surface area contributed by atoms with Crippen LogP contribution in [-0.4, -0.2) is 35.0 Å². The Morgan fingerprint density at radius 1 is 1.20 bits per heavy atom. The number of aliphatic carboxylic acids is 1. The second-order valence-corrected chi connectivity index (χ2v) is 4.84. The van der Waals surface area contributed by atoms with Gasteiger partial charge < -0.3 is 10.0 Å². The molecule has 1 saturated carbocycles. The molecule has 4 nitrogen and oxygen atoms in total. The van der Waals surface area contributed by atoms with Crippen molar-refractivity contribution in [3.8, 4) is 0 Å². The van der Waals surface area contributed by atoms with Crippen molar-refractivity contribution in [3.05, 3.63) is 0 Å². The molecule has 2 aliphatic rings. The highest BCUT2D eigenvalue weighted by molar-refractivity contribution is 5.93. The molecule has 0 radical (unpaired) electrons. The topological polar surface area (TPSA) is 57.6 Å². The van der Waals surface area contributed by atoms with E-state index in [4.69, 9.17) is 5.11 Å². The van der Waals surface area contributed by atoms with Gasteiger partial charge in [-0.2, -0.15) is 0 Å². The number of likely N-dealkylation sites (tertiary alicyclic amines) is 1. The molecule has 15 heavy (non-hydrogen) atoms. The first-order valence-corrected chi connectivity index (χ1v) is 5.61. The van der Waals surface area contributed by atoms with E-state index in [1.807, 2.05) is 0 Å². The van der Waals surface area contributed by atoms with E-state index in [1.165, 1.54) is 25.7 Å². The summed E-state index contributed by atoms with van der Waals surface area (Å²) in [5.74, 6) is -1.24.